The Bertz CT molecular complexity index is 379. The number of thiazole rings is 1. The molecular formula is C15H25N3S. The van der Waals surface area contributed by atoms with Crippen molar-refractivity contribution in [2.45, 2.75) is 57.0 Å². The van der Waals surface area contributed by atoms with Gasteiger partial charge in [-0.15, -0.1) is 11.3 Å². The van der Waals surface area contributed by atoms with E-state index in [1.807, 2.05) is 17.5 Å². The molecule has 1 saturated carbocycles. The first-order valence-corrected chi connectivity index (χ1v) is 8.59. The van der Waals surface area contributed by atoms with Gasteiger partial charge in [-0.3, -0.25) is 4.90 Å². The van der Waals surface area contributed by atoms with Crippen molar-refractivity contribution in [3.05, 3.63) is 16.6 Å². The molecule has 1 N–H and O–H groups in total. The maximum Gasteiger partial charge on any atom is 0.110 e. The second-order valence-electron chi connectivity index (χ2n) is 6.03. The van der Waals surface area contributed by atoms with E-state index in [4.69, 9.17) is 0 Å². The Morgan fingerprint density at radius 3 is 2.95 bits per heavy atom. The molecule has 106 valence electrons. The zero-order valence-corrected chi connectivity index (χ0v) is 12.7. The summed E-state index contributed by atoms with van der Waals surface area (Å²) in [5.74, 6) is 0. The van der Waals surface area contributed by atoms with Crippen LogP contribution in [0.1, 0.15) is 56.5 Å². The number of hydrogen-bond acceptors (Lipinski definition) is 4. The van der Waals surface area contributed by atoms with Crippen LogP contribution in [0.25, 0.3) is 0 Å². The van der Waals surface area contributed by atoms with E-state index in [1.165, 1.54) is 56.6 Å². The smallest absolute Gasteiger partial charge is 0.110 e. The highest BCUT2D eigenvalue weighted by atomic mass is 32.1. The van der Waals surface area contributed by atoms with Crippen molar-refractivity contribution >= 4 is 11.3 Å². The predicted molar refractivity (Wildman–Crippen MR) is 80.5 cm³/mol. The minimum Gasteiger partial charge on any atom is -0.309 e. The van der Waals surface area contributed by atoms with Gasteiger partial charge >= 0.3 is 0 Å². The van der Waals surface area contributed by atoms with Crippen LogP contribution in [0.4, 0.5) is 0 Å². The molecule has 1 saturated heterocycles. The van der Waals surface area contributed by atoms with Gasteiger partial charge in [0.15, 0.2) is 0 Å². The van der Waals surface area contributed by atoms with E-state index in [9.17, 15) is 0 Å². The molecule has 1 atom stereocenters. The zero-order valence-electron chi connectivity index (χ0n) is 11.9. The molecule has 0 amide bonds. The topological polar surface area (TPSA) is 28.2 Å². The van der Waals surface area contributed by atoms with Crippen LogP contribution >= 0.6 is 11.3 Å². The van der Waals surface area contributed by atoms with Crippen molar-refractivity contribution < 1.29 is 0 Å². The van der Waals surface area contributed by atoms with Gasteiger partial charge in [0.2, 0.25) is 0 Å². The van der Waals surface area contributed by atoms with Crippen LogP contribution in [-0.2, 0) is 0 Å². The van der Waals surface area contributed by atoms with E-state index in [2.05, 4.69) is 27.5 Å². The summed E-state index contributed by atoms with van der Waals surface area (Å²) in [4.78, 5) is 7.23. The lowest BCUT2D eigenvalue weighted by Gasteiger charge is -2.48. The average molecular weight is 279 g/mol. The first-order chi connectivity index (χ1) is 9.33. The molecule has 2 fully saturated rings. The number of aromatic nitrogens is 1. The van der Waals surface area contributed by atoms with Gasteiger partial charge in [0.05, 0.1) is 6.04 Å². The van der Waals surface area contributed by atoms with Gasteiger partial charge in [-0.25, -0.2) is 4.98 Å². The van der Waals surface area contributed by atoms with E-state index in [0.29, 0.717) is 11.6 Å². The van der Waals surface area contributed by atoms with Gasteiger partial charge in [-0.05, 0) is 19.3 Å². The Morgan fingerprint density at radius 1 is 1.42 bits per heavy atom. The molecule has 1 aromatic rings. The summed E-state index contributed by atoms with van der Waals surface area (Å²) in [7, 11) is 0. The highest BCUT2D eigenvalue weighted by molar-refractivity contribution is 7.09. The molecule has 1 spiro atoms. The summed E-state index contributed by atoms with van der Waals surface area (Å²) in [6.07, 6.45) is 10.1. The van der Waals surface area contributed by atoms with Crippen molar-refractivity contribution in [2.75, 3.05) is 19.6 Å². The molecule has 0 aromatic carbocycles. The Balaban J connectivity index is 1.73. The van der Waals surface area contributed by atoms with Gasteiger partial charge in [0, 0.05) is 36.8 Å². The van der Waals surface area contributed by atoms with Crippen LogP contribution in [-0.4, -0.2) is 35.1 Å². The van der Waals surface area contributed by atoms with E-state index >= 15 is 0 Å². The number of piperazine rings is 1. The Kier molecular flexibility index (Phi) is 4.20. The summed E-state index contributed by atoms with van der Waals surface area (Å²) in [6, 6.07) is 0.529. The van der Waals surface area contributed by atoms with Crippen LogP contribution in [0.15, 0.2) is 11.6 Å². The second-order valence-corrected chi connectivity index (χ2v) is 6.96. The van der Waals surface area contributed by atoms with E-state index < -0.39 is 0 Å². The standard InChI is InChI=1S/C15H25N3S/c1-2-13(14-16-9-11-19-14)18-10-8-17-15(12-18)6-4-3-5-7-15/h9,11,13,17H,2-8,10,12H2,1H3. The zero-order chi connectivity index (χ0) is 13.1. The third-order valence-corrected chi connectivity index (χ3v) is 5.66. The monoisotopic (exact) mass is 279 g/mol. The minimum absolute atomic E-state index is 0.404. The van der Waals surface area contributed by atoms with Crippen molar-refractivity contribution in [3.8, 4) is 0 Å². The highest BCUT2D eigenvalue weighted by Gasteiger charge is 2.38. The van der Waals surface area contributed by atoms with Crippen LogP contribution in [0.3, 0.4) is 0 Å². The maximum atomic E-state index is 4.55. The van der Waals surface area contributed by atoms with Gasteiger partial charge in [-0.2, -0.15) is 0 Å². The molecule has 4 heteroatoms. The highest BCUT2D eigenvalue weighted by Crippen LogP contribution is 2.34. The molecular weight excluding hydrogens is 254 g/mol. The molecule has 0 radical (unpaired) electrons. The SMILES string of the molecule is CCC(c1nccs1)N1CCNC2(CCCCC2)C1. The van der Waals surface area contributed by atoms with Gasteiger partial charge in [0.25, 0.3) is 0 Å². The van der Waals surface area contributed by atoms with Crippen molar-refractivity contribution in [2.24, 2.45) is 0 Å². The third kappa shape index (κ3) is 2.86. The molecule has 1 aliphatic heterocycles. The maximum absolute atomic E-state index is 4.55. The molecule has 2 aliphatic rings. The van der Waals surface area contributed by atoms with Crippen LogP contribution in [0, 0.1) is 0 Å². The fourth-order valence-electron chi connectivity index (χ4n) is 3.81. The molecule has 3 rings (SSSR count). The molecule has 3 nitrogen and oxygen atoms in total. The first-order valence-electron chi connectivity index (χ1n) is 7.71. The lowest BCUT2D eigenvalue weighted by molar-refractivity contribution is 0.0657. The van der Waals surface area contributed by atoms with Crippen LogP contribution in [0.5, 0.6) is 0 Å². The van der Waals surface area contributed by atoms with Crippen LogP contribution in [0.2, 0.25) is 0 Å². The van der Waals surface area contributed by atoms with Gasteiger partial charge in [-0.1, -0.05) is 26.2 Å². The van der Waals surface area contributed by atoms with Crippen molar-refractivity contribution in [1.29, 1.82) is 0 Å². The molecule has 1 aromatic heterocycles. The predicted octanol–water partition coefficient (Wildman–Crippen LogP) is 3.20. The van der Waals surface area contributed by atoms with E-state index in [0.717, 1.165) is 6.54 Å². The summed E-state index contributed by atoms with van der Waals surface area (Å²) < 4.78 is 0. The largest absolute Gasteiger partial charge is 0.309 e. The fourth-order valence-corrected chi connectivity index (χ4v) is 4.66. The number of nitrogens with one attached hydrogen (secondary N) is 1. The van der Waals surface area contributed by atoms with Crippen LogP contribution < -0.4 is 5.32 Å². The second kappa shape index (κ2) is 5.90. The number of hydrogen-bond donors (Lipinski definition) is 1. The molecule has 0 bridgehead atoms. The molecule has 19 heavy (non-hydrogen) atoms. The normalized spacial score (nSPS) is 25.5. The molecule has 1 unspecified atom stereocenters. The summed E-state index contributed by atoms with van der Waals surface area (Å²) >= 11 is 1.81. The Morgan fingerprint density at radius 2 is 2.26 bits per heavy atom. The van der Waals surface area contributed by atoms with Gasteiger partial charge < -0.3 is 5.32 Å². The third-order valence-electron chi connectivity index (χ3n) is 4.78. The number of nitrogens with zero attached hydrogens (tertiary/aromatic N) is 2. The lowest BCUT2D eigenvalue weighted by Crippen LogP contribution is -2.61. The summed E-state index contributed by atoms with van der Waals surface area (Å²) in [6.45, 7) is 5.81. The van der Waals surface area contributed by atoms with Crippen molar-refractivity contribution in [3.63, 3.8) is 0 Å². The van der Waals surface area contributed by atoms with Gasteiger partial charge in [0.1, 0.15) is 5.01 Å². The summed E-state index contributed by atoms with van der Waals surface area (Å²) in [5.41, 5.74) is 0.404. The minimum atomic E-state index is 0.404. The first kappa shape index (κ1) is 13.5. The Hall–Kier alpha value is -0.450. The quantitative estimate of drug-likeness (QED) is 0.921. The van der Waals surface area contributed by atoms with E-state index in [1.54, 1.807) is 0 Å². The average Bonchev–Trinajstić information content (AvgIpc) is 2.95. The van der Waals surface area contributed by atoms with E-state index in [-0.39, 0.29) is 0 Å². The Labute approximate surface area is 120 Å². The number of rotatable bonds is 3. The lowest BCUT2D eigenvalue weighted by atomic mass is 9.80. The van der Waals surface area contributed by atoms with Crippen molar-refractivity contribution in [1.82, 2.24) is 15.2 Å². The fraction of sp³-hybridized carbons (Fsp3) is 0.800. The summed E-state index contributed by atoms with van der Waals surface area (Å²) in [5, 5.41) is 7.24. The molecule has 2 heterocycles. The molecule has 1 aliphatic carbocycles.